The molecule has 0 saturated carbocycles. The SMILES string of the molecule is CC1(C)O[C@H]2O[C@H]([C@H]3COC(C)(C)O3)[C@H](OCc3cn(CCCCCCn4c5ccc(Br)cc5c5cc(Br)ccc54)nn3)[C@H]2O1. The molecule has 3 aliphatic rings. The van der Waals surface area contributed by atoms with Gasteiger partial charge in [0.05, 0.1) is 19.4 Å². The Kier molecular flexibility index (Phi) is 8.88. The van der Waals surface area contributed by atoms with Crippen LogP contribution in [0, 0.1) is 0 Å². The van der Waals surface area contributed by atoms with Gasteiger partial charge in [-0.15, -0.1) is 5.10 Å². The highest BCUT2D eigenvalue weighted by molar-refractivity contribution is 9.10. The van der Waals surface area contributed by atoms with E-state index in [1.807, 2.05) is 38.6 Å². The maximum absolute atomic E-state index is 6.38. The Morgan fingerprint density at radius 3 is 2.20 bits per heavy atom. The van der Waals surface area contributed by atoms with Crippen molar-refractivity contribution in [2.24, 2.45) is 0 Å². The summed E-state index contributed by atoms with van der Waals surface area (Å²) < 4.78 is 43.2. The van der Waals surface area contributed by atoms with Gasteiger partial charge in [0, 0.05) is 43.8 Å². The largest absolute Gasteiger partial charge is 0.366 e. The van der Waals surface area contributed by atoms with Crippen molar-refractivity contribution in [2.45, 2.75) is 115 Å². The molecule has 0 N–H and O–H groups in total. The van der Waals surface area contributed by atoms with E-state index in [0.717, 1.165) is 53.4 Å². The molecular formula is C33H40Br2N4O6. The molecule has 3 fully saturated rings. The van der Waals surface area contributed by atoms with Crippen LogP contribution in [0.3, 0.4) is 0 Å². The van der Waals surface area contributed by atoms with Crippen LogP contribution in [0.15, 0.2) is 51.5 Å². The minimum atomic E-state index is -0.740. The lowest BCUT2D eigenvalue weighted by Crippen LogP contribution is -2.44. The summed E-state index contributed by atoms with van der Waals surface area (Å²) in [6.07, 6.45) is 4.46. The van der Waals surface area contributed by atoms with Crippen molar-refractivity contribution in [1.29, 1.82) is 0 Å². The molecular weight excluding hydrogens is 708 g/mol. The monoisotopic (exact) mass is 746 g/mol. The standard InChI is InChI=1S/C33H40Br2N4O6/c1-32(2)41-19-27(43-32)28-29(30-31(42-28)45-33(3,4)44-30)40-18-22-17-38(37-36-22)13-7-5-6-8-14-39-25-11-9-20(34)15-23(25)24-16-21(35)10-12-26(24)39/h9-12,15-17,27-31H,5-8,13-14,18-19H2,1-4H3/t27-,28-,29+,30-,31-/m1/s1. The number of rotatable bonds is 11. The second-order valence-corrected chi connectivity index (χ2v) is 14.9. The zero-order chi connectivity index (χ0) is 31.3. The first-order valence-electron chi connectivity index (χ1n) is 15.8. The summed E-state index contributed by atoms with van der Waals surface area (Å²) in [7, 11) is 0. The smallest absolute Gasteiger partial charge is 0.190 e. The Morgan fingerprint density at radius 1 is 0.844 bits per heavy atom. The van der Waals surface area contributed by atoms with Crippen LogP contribution in [0.4, 0.5) is 0 Å². The van der Waals surface area contributed by atoms with E-state index in [9.17, 15) is 0 Å². The lowest BCUT2D eigenvalue weighted by Gasteiger charge is -2.28. The molecule has 5 atom stereocenters. The second kappa shape index (κ2) is 12.6. The number of aromatic nitrogens is 4. The molecule has 5 heterocycles. The van der Waals surface area contributed by atoms with Gasteiger partial charge in [-0.25, -0.2) is 0 Å². The molecule has 242 valence electrons. The van der Waals surface area contributed by atoms with E-state index in [1.54, 1.807) is 0 Å². The van der Waals surface area contributed by atoms with Gasteiger partial charge in [-0.2, -0.15) is 0 Å². The van der Waals surface area contributed by atoms with Gasteiger partial charge in [0.15, 0.2) is 17.9 Å². The molecule has 7 rings (SSSR count). The molecule has 0 unspecified atom stereocenters. The highest BCUT2D eigenvalue weighted by Crippen LogP contribution is 2.42. The van der Waals surface area contributed by atoms with Crippen LogP contribution in [0.2, 0.25) is 0 Å². The fourth-order valence-corrected chi connectivity index (χ4v) is 7.47. The molecule has 10 nitrogen and oxygen atoms in total. The number of hydrogen-bond donors (Lipinski definition) is 0. The van der Waals surface area contributed by atoms with Crippen molar-refractivity contribution in [1.82, 2.24) is 19.6 Å². The van der Waals surface area contributed by atoms with Gasteiger partial charge in [-0.3, -0.25) is 4.68 Å². The minimum absolute atomic E-state index is 0.277. The Balaban J connectivity index is 0.901. The number of nitrogens with zero attached hydrogens (tertiary/aromatic N) is 4. The highest BCUT2D eigenvalue weighted by Gasteiger charge is 2.59. The van der Waals surface area contributed by atoms with Gasteiger partial charge in [0.2, 0.25) is 0 Å². The summed E-state index contributed by atoms with van der Waals surface area (Å²) in [5.74, 6) is -1.41. The van der Waals surface area contributed by atoms with Crippen LogP contribution in [-0.2, 0) is 48.1 Å². The molecule has 45 heavy (non-hydrogen) atoms. The van der Waals surface area contributed by atoms with Gasteiger partial charge >= 0.3 is 0 Å². The first-order chi connectivity index (χ1) is 21.6. The van der Waals surface area contributed by atoms with Gasteiger partial charge in [-0.05, 0) is 76.9 Å². The van der Waals surface area contributed by atoms with Crippen LogP contribution >= 0.6 is 31.9 Å². The van der Waals surface area contributed by atoms with E-state index in [1.165, 1.54) is 21.8 Å². The topological polar surface area (TPSA) is 91.0 Å². The van der Waals surface area contributed by atoms with Crippen LogP contribution in [0.1, 0.15) is 59.1 Å². The van der Waals surface area contributed by atoms with E-state index < -0.39 is 17.9 Å². The predicted octanol–water partition coefficient (Wildman–Crippen LogP) is 7.08. The van der Waals surface area contributed by atoms with Gasteiger partial charge in [0.1, 0.15) is 30.1 Å². The lowest BCUT2D eigenvalue weighted by molar-refractivity contribution is -0.236. The van der Waals surface area contributed by atoms with Crippen molar-refractivity contribution >= 4 is 53.7 Å². The summed E-state index contributed by atoms with van der Waals surface area (Å²) in [6, 6.07) is 13.1. The van der Waals surface area contributed by atoms with Gasteiger partial charge < -0.3 is 33.0 Å². The van der Waals surface area contributed by atoms with E-state index in [-0.39, 0.29) is 24.4 Å². The molecule has 12 heteroatoms. The second-order valence-electron chi connectivity index (χ2n) is 13.1. The summed E-state index contributed by atoms with van der Waals surface area (Å²) in [6.45, 7) is 10.1. The number of halogens is 2. The van der Waals surface area contributed by atoms with E-state index in [0.29, 0.717) is 13.2 Å². The van der Waals surface area contributed by atoms with Crippen LogP contribution < -0.4 is 0 Å². The average molecular weight is 749 g/mol. The highest BCUT2D eigenvalue weighted by atomic mass is 79.9. The Morgan fingerprint density at radius 2 is 1.53 bits per heavy atom. The number of hydrogen-bond acceptors (Lipinski definition) is 8. The molecule has 0 amide bonds. The van der Waals surface area contributed by atoms with E-state index in [2.05, 4.69) is 83.1 Å². The molecule has 2 aromatic carbocycles. The quantitative estimate of drug-likeness (QED) is 0.150. The number of ether oxygens (including phenoxy) is 6. The number of unbranched alkanes of at least 4 members (excludes halogenated alkanes) is 3. The third-order valence-electron chi connectivity index (χ3n) is 8.74. The molecule has 2 aromatic heterocycles. The summed E-state index contributed by atoms with van der Waals surface area (Å²) >= 11 is 7.28. The third-order valence-corrected chi connectivity index (χ3v) is 9.73. The first-order valence-corrected chi connectivity index (χ1v) is 17.3. The molecule has 3 saturated heterocycles. The molecule has 0 spiro atoms. The maximum Gasteiger partial charge on any atom is 0.190 e. The third kappa shape index (κ3) is 6.76. The predicted molar refractivity (Wildman–Crippen MR) is 176 cm³/mol. The van der Waals surface area contributed by atoms with E-state index >= 15 is 0 Å². The van der Waals surface area contributed by atoms with E-state index in [4.69, 9.17) is 28.4 Å². The van der Waals surface area contributed by atoms with Gasteiger partial charge in [-0.1, -0.05) is 49.9 Å². The van der Waals surface area contributed by atoms with Crippen molar-refractivity contribution in [3.05, 3.63) is 57.2 Å². The Hall–Kier alpha value is -1.90. The zero-order valence-corrected chi connectivity index (χ0v) is 29.3. The summed E-state index contributed by atoms with van der Waals surface area (Å²) in [5.41, 5.74) is 3.32. The van der Waals surface area contributed by atoms with Crippen LogP contribution in [0.25, 0.3) is 21.8 Å². The molecule has 0 radical (unpaired) electrons. The maximum atomic E-state index is 6.38. The van der Waals surface area contributed by atoms with Crippen molar-refractivity contribution < 1.29 is 28.4 Å². The van der Waals surface area contributed by atoms with Crippen LogP contribution in [0.5, 0.6) is 0 Å². The average Bonchev–Trinajstić information content (AvgIpc) is 3.78. The number of fused-ring (bicyclic) bond motifs is 4. The Labute approximate surface area is 279 Å². The first kappa shape index (κ1) is 31.7. The van der Waals surface area contributed by atoms with Crippen molar-refractivity contribution in [2.75, 3.05) is 6.61 Å². The minimum Gasteiger partial charge on any atom is -0.366 e. The number of aryl methyl sites for hydroxylation is 2. The fourth-order valence-electron chi connectivity index (χ4n) is 6.75. The van der Waals surface area contributed by atoms with Crippen molar-refractivity contribution in [3.8, 4) is 0 Å². The van der Waals surface area contributed by atoms with Gasteiger partial charge in [0.25, 0.3) is 0 Å². The van der Waals surface area contributed by atoms with Crippen LogP contribution in [-0.4, -0.2) is 68.4 Å². The molecule has 0 aliphatic carbocycles. The molecule has 4 aromatic rings. The normalized spacial score (nSPS) is 27.2. The fraction of sp³-hybridized carbons (Fsp3) is 0.576. The molecule has 0 bridgehead atoms. The number of benzene rings is 2. The Bertz CT molecular complexity index is 1610. The summed E-state index contributed by atoms with van der Waals surface area (Å²) in [5, 5.41) is 11.3. The lowest BCUT2D eigenvalue weighted by atomic mass is 10.1. The zero-order valence-electron chi connectivity index (χ0n) is 26.1. The summed E-state index contributed by atoms with van der Waals surface area (Å²) in [4.78, 5) is 0. The molecule has 3 aliphatic heterocycles. The van der Waals surface area contributed by atoms with Crippen molar-refractivity contribution in [3.63, 3.8) is 0 Å².